The van der Waals surface area contributed by atoms with E-state index < -0.39 is 0 Å². The highest BCUT2D eigenvalue weighted by atomic mass is 32.1. The van der Waals surface area contributed by atoms with Gasteiger partial charge in [-0.25, -0.2) is 0 Å². The molecule has 2 atom stereocenters. The van der Waals surface area contributed by atoms with Crippen molar-refractivity contribution in [3.8, 4) is 5.69 Å². The second-order valence-corrected chi connectivity index (χ2v) is 8.50. The molecule has 1 fully saturated rings. The topological polar surface area (TPSA) is 42.3 Å². The molecule has 1 saturated heterocycles. The monoisotopic (exact) mass is 434 g/mol. The van der Waals surface area contributed by atoms with Gasteiger partial charge in [0, 0.05) is 43.5 Å². The van der Waals surface area contributed by atoms with Crippen LogP contribution in [-0.2, 0) is 4.74 Å². The molecule has 1 N–H and O–H groups in total. The van der Waals surface area contributed by atoms with Gasteiger partial charge in [-0.2, -0.15) is 0 Å². The van der Waals surface area contributed by atoms with E-state index in [4.69, 9.17) is 17.0 Å². The summed E-state index contributed by atoms with van der Waals surface area (Å²) in [5, 5.41) is 4.32. The fourth-order valence-corrected chi connectivity index (χ4v) is 4.97. The zero-order valence-electron chi connectivity index (χ0n) is 18.6. The molecule has 162 valence electrons. The van der Waals surface area contributed by atoms with Crippen molar-refractivity contribution in [2.75, 3.05) is 20.3 Å². The number of nitrogens with one attached hydrogen (secondary N) is 1. The number of nitrogens with zero attached hydrogens (tertiary/aromatic N) is 3. The van der Waals surface area contributed by atoms with E-state index in [-0.39, 0.29) is 12.1 Å². The van der Waals surface area contributed by atoms with Crippen LogP contribution < -0.4 is 5.32 Å². The Morgan fingerprint density at radius 2 is 1.87 bits per heavy atom. The molecule has 1 aromatic carbocycles. The normalized spacial score (nSPS) is 18.5. The van der Waals surface area contributed by atoms with Gasteiger partial charge in [-0.15, -0.1) is 0 Å². The number of ether oxygens (including phenoxy) is 1. The van der Waals surface area contributed by atoms with Crippen LogP contribution in [0, 0.1) is 20.8 Å². The van der Waals surface area contributed by atoms with Crippen molar-refractivity contribution in [2.24, 2.45) is 0 Å². The van der Waals surface area contributed by atoms with Crippen LogP contribution in [0.1, 0.15) is 46.7 Å². The first-order valence-corrected chi connectivity index (χ1v) is 11.2. The zero-order valence-corrected chi connectivity index (χ0v) is 19.4. The molecule has 3 heterocycles. The average Bonchev–Trinajstić information content (AvgIpc) is 3.25. The largest absolute Gasteiger partial charge is 0.385 e. The Morgan fingerprint density at radius 3 is 2.58 bits per heavy atom. The van der Waals surface area contributed by atoms with Crippen LogP contribution in [0.3, 0.4) is 0 Å². The Hall–Kier alpha value is -2.70. The smallest absolute Gasteiger partial charge is 0.170 e. The minimum Gasteiger partial charge on any atom is -0.385 e. The van der Waals surface area contributed by atoms with E-state index in [0.717, 1.165) is 23.8 Å². The van der Waals surface area contributed by atoms with Crippen LogP contribution in [0.2, 0.25) is 0 Å². The van der Waals surface area contributed by atoms with Crippen LogP contribution in [-0.4, -0.2) is 39.8 Å². The van der Waals surface area contributed by atoms with Crippen molar-refractivity contribution < 1.29 is 4.74 Å². The number of benzene rings is 1. The standard InChI is InChI=1S/C25H30N4OS/c1-17-10-5-6-12-22(17)29-18(2)16-20(19(29)3)24-23(21-11-7-8-13-26-21)27-25(31)28(24)14-9-15-30-4/h5-8,10-13,16,23-24H,9,14-15H2,1-4H3,(H,27,31)/t23-,24-/m0/s1. The number of thiocarbonyl (C=S) groups is 1. The summed E-state index contributed by atoms with van der Waals surface area (Å²) in [6.07, 6.45) is 2.77. The fraction of sp³-hybridized carbons (Fsp3) is 0.360. The molecular formula is C25H30N4OS. The number of rotatable bonds is 7. The van der Waals surface area contributed by atoms with Gasteiger partial charge >= 0.3 is 0 Å². The van der Waals surface area contributed by atoms with Crippen molar-refractivity contribution in [3.63, 3.8) is 0 Å². The Labute approximate surface area is 190 Å². The molecule has 1 aliphatic heterocycles. The molecule has 0 bridgehead atoms. The Bertz CT molecular complexity index is 1060. The Morgan fingerprint density at radius 1 is 1.10 bits per heavy atom. The molecule has 0 amide bonds. The predicted octanol–water partition coefficient (Wildman–Crippen LogP) is 4.81. The molecule has 0 spiro atoms. The van der Waals surface area contributed by atoms with E-state index in [1.54, 1.807) is 7.11 Å². The van der Waals surface area contributed by atoms with Gasteiger partial charge in [-0.05, 0) is 74.8 Å². The average molecular weight is 435 g/mol. The van der Waals surface area contributed by atoms with Crippen LogP contribution in [0.15, 0.2) is 54.7 Å². The van der Waals surface area contributed by atoms with Gasteiger partial charge in [0.05, 0.1) is 17.8 Å². The lowest BCUT2D eigenvalue weighted by Crippen LogP contribution is -2.31. The summed E-state index contributed by atoms with van der Waals surface area (Å²) in [5.74, 6) is 0. The third-order valence-electron chi connectivity index (χ3n) is 6.09. The van der Waals surface area contributed by atoms with E-state index in [0.29, 0.717) is 6.61 Å². The Kier molecular flexibility index (Phi) is 6.39. The van der Waals surface area contributed by atoms with Crippen molar-refractivity contribution in [1.82, 2.24) is 19.8 Å². The van der Waals surface area contributed by atoms with Gasteiger partial charge < -0.3 is 19.5 Å². The number of hydrogen-bond donors (Lipinski definition) is 1. The maximum Gasteiger partial charge on any atom is 0.170 e. The van der Waals surface area contributed by atoms with Crippen LogP contribution >= 0.6 is 12.2 Å². The molecule has 0 saturated carbocycles. The van der Waals surface area contributed by atoms with Crippen molar-refractivity contribution in [1.29, 1.82) is 0 Å². The highest BCUT2D eigenvalue weighted by Gasteiger charge is 2.41. The first kappa shape index (κ1) is 21.5. The maximum atomic E-state index is 5.78. The SMILES string of the molecule is COCCCN1C(=S)N[C@@H](c2ccccn2)[C@@H]1c1cc(C)n(-c2ccccc2C)c1C. The summed E-state index contributed by atoms with van der Waals surface area (Å²) in [5.41, 5.74) is 7.22. The molecule has 6 heteroatoms. The maximum absolute atomic E-state index is 5.78. The van der Waals surface area contributed by atoms with Gasteiger partial charge in [0.2, 0.25) is 0 Å². The van der Waals surface area contributed by atoms with Crippen molar-refractivity contribution in [2.45, 2.75) is 39.3 Å². The van der Waals surface area contributed by atoms with Gasteiger partial charge in [-0.3, -0.25) is 4.98 Å². The first-order valence-electron chi connectivity index (χ1n) is 10.7. The van der Waals surface area contributed by atoms with Gasteiger partial charge in [0.25, 0.3) is 0 Å². The summed E-state index contributed by atoms with van der Waals surface area (Å²) >= 11 is 5.78. The lowest BCUT2D eigenvalue weighted by molar-refractivity contribution is 0.180. The lowest BCUT2D eigenvalue weighted by Gasteiger charge is -2.28. The molecule has 1 aliphatic rings. The quantitative estimate of drug-likeness (QED) is 0.427. The van der Waals surface area contributed by atoms with E-state index >= 15 is 0 Å². The van der Waals surface area contributed by atoms with Gasteiger partial charge in [-0.1, -0.05) is 24.3 Å². The fourth-order valence-electron chi connectivity index (χ4n) is 4.64. The molecule has 0 radical (unpaired) electrons. The van der Waals surface area contributed by atoms with Crippen molar-refractivity contribution in [3.05, 3.63) is 82.9 Å². The number of para-hydroxylation sites is 1. The second kappa shape index (κ2) is 9.20. The summed E-state index contributed by atoms with van der Waals surface area (Å²) in [7, 11) is 1.74. The Balaban J connectivity index is 1.80. The second-order valence-electron chi connectivity index (χ2n) is 8.11. The minimum atomic E-state index is 0.00191. The van der Waals surface area contributed by atoms with Gasteiger partial charge in [0.15, 0.2) is 5.11 Å². The van der Waals surface area contributed by atoms with E-state index in [2.05, 4.69) is 76.9 Å². The molecule has 0 unspecified atom stereocenters. The highest BCUT2D eigenvalue weighted by Crippen LogP contribution is 2.41. The number of hydrogen-bond acceptors (Lipinski definition) is 3. The predicted molar refractivity (Wildman–Crippen MR) is 129 cm³/mol. The summed E-state index contributed by atoms with van der Waals surface area (Å²) in [6, 6.07) is 17.0. The molecule has 5 nitrogen and oxygen atoms in total. The summed E-state index contributed by atoms with van der Waals surface area (Å²) < 4.78 is 7.66. The third kappa shape index (κ3) is 4.10. The zero-order chi connectivity index (χ0) is 22.0. The highest BCUT2D eigenvalue weighted by molar-refractivity contribution is 7.80. The van der Waals surface area contributed by atoms with E-state index in [1.807, 2.05) is 18.3 Å². The number of methoxy groups -OCH3 is 1. The molecule has 4 rings (SSSR count). The molecule has 0 aliphatic carbocycles. The molecular weight excluding hydrogens is 404 g/mol. The van der Waals surface area contributed by atoms with Crippen LogP contribution in [0.5, 0.6) is 0 Å². The number of aryl methyl sites for hydroxylation is 2. The summed E-state index contributed by atoms with van der Waals surface area (Å²) in [4.78, 5) is 6.96. The van der Waals surface area contributed by atoms with Gasteiger partial charge in [0.1, 0.15) is 0 Å². The lowest BCUT2D eigenvalue weighted by atomic mass is 9.96. The summed E-state index contributed by atoms with van der Waals surface area (Å²) in [6.45, 7) is 8.09. The number of aromatic nitrogens is 2. The van der Waals surface area contributed by atoms with Crippen LogP contribution in [0.25, 0.3) is 5.69 Å². The van der Waals surface area contributed by atoms with E-state index in [1.165, 1.54) is 28.2 Å². The first-order chi connectivity index (χ1) is 15.0. The van der Waals surface area contributed by atoms with Crippen LogP contribution in [0.4, 0.5) is 0 Å². The molecule has 31 heavy (non-hydrogen) atoms. The molecule has 2 aromatic heterocycles. The number of pyridine rings is 1. The molecule has 3 aromatic rings. The minimum absolute atomic E-state index is 0.00191. The van der Waals surface area contributed by atoms with Crippen molar-refractivity contribution >= 4 is 17.3 Å². The van der Waals surface area contributed by atoms with E-state index in [9.17, 15) is 0 Å². The third-order valence-corrected chi connectivity index (χ3v) is 6.44.